The van der Waals surface area contributed by atoms with Gasteiger partial charge in [0.15, 0.2) is 5.11 Å². The number of piperazine rings is 1. The molecule has 0 saturated carbocycles. The van der Waals surface area contributed by atoms with Crippen LogP contribution >= 0.6 is 23.8 Å². The minimum Gasteiger partial charge on any atom is -0.489 e. The molecule has 0 atom stereocenters. The summed E-state index contributed by atoms with van der Waals surface area (Å²) in [5.41, 5.74) is 4.73. The molecule has 1 aliphatic heterocycles. The summed E-state index contributed by atoms with van der Waals surface area (Å²) < 4.78 is 5.83. The van der Waals surface area contributed by atoms with Crippen molar-refractivity contribution in [2.75, 3.05) is 36.4 Å². The Labute approximate surface area is 256 Å². The number of carbonyl (C=O) groups excluding carboxylic acids is 2. The van der Waals surface area contributed by atoms with Gasteiger partial charge in [-0.05, 0) is 72.7 Å². The van der Waals surface area contributed by atoms with Crippen LogP contribution in [0.3, 0.4) is 0 Å². The van der Waals surface area contributed by atoms with E-state index in [0.717, 1.165) is 22.4 Å². The molecule has 0 bridgehead atoms. The second-order valence-corrected chi connectivity index (χ2v) is 10.8. The highest BCUT2D eigenvalue weighted by Gasteiger charge is 2.24. The topological polar surface area (TPSA) is 73.9 Å². The van der Waals surface area contributed by atoms with E-state index in [-0.39, 0.29) is 16.9 Å². The van der Waals surface area contributed by atoms with Crippen molar-refractivity contribution in [2.24, 2.45) is 0 Å². The first-order valence-electron chi connectivity index (χ1n) is 13.7. The zero-order valence-electron chi connectivity index (χ0n) is 23.2. The van der Waals surface area contributed by atoms with Crippen LogP contribution in [0.4, 0.5) is 11.4 Å². The molecule has 214 valence electrons. The number of carbonyl (C=O) groups is 2. The zero-order chi connectivity index (χ0) is 29.5. The van der Waals surface area contributed by atoms with E-state index >= 15 is 0 Å². The summed E-state index contributed by atoms with van der Waals surface area (Å²) in [5, 5.41) is 6.45. The lowest BCUT2D eigenvalue weighted by Crippen LogP contribution is -2.49. The van der Waals surface area contributed by atoms with Gasteiger partial charge in [-0.25, -0.2) is 0 Å². The molecule has 2 N–H and O–H groups in total. The lowest BCUT2D eigenvalue weighted by atomic mass is 10.1. The summed E-state index contributed by atoms with van der Waals surface area (Å²) in [7, 11) is 0. The number of ether oxygens (including phenoxy) is 1. The van der Waals surface area contributed by atoms with E-state index in [0.29, 0.717) is 54.8 Å². The number of anilines is 2. The molecule has 4 aromatic rings. The van der Waals surface area contributed by atoms with Crippen molar-refractivity contribution in [3.63, 3.8) is 0 Å². The number of nitrogens with zero attached hydrogens (tertiary/aromatic N) is 2. The van der Waals surface area contributed by atoms with Gasteiger partial charge in [0, 0.05) is 43.0 Å². The van der Waals surface area contributed by atoms with Gasteiger partial charge in [-0.15, -0.1) is 0 Å². The van der Waals surface area contributed by atoms with E-state index in [1.54, 1.807) is 24.3 Å². The number of aryl methyl sites for hydroxylation is 1. The molecule has 1 fully saturated rings. The Morgan fingerprint density at radius 3 is 2.36 bits per heavy atom. The molecule has 2 amide bonds. The van der Waals surface area contributed by atoms with Crippen LogP contribution in [0, 0.1) is 6.92 Å². The van der Waals surface area contributed by atoms with Gasteiger partial charge in [0.2, 0.25) is 0 Å². The third-order valence-corrected chi connectivity index (χ3v) is 7.57. The van der Waals surface area contributed by atoms with Crippen molar-refractivity contribution in [1.82, 2.24) is 10.2 Å². The number of hydrogen-bond acceptors (Lipinski definition) is 5. The molecule has 0 aromatic heterocycles. The van der Waals surface area contributed by atoms with Crippen LogP contribution < -0.4 is 20.3 Å². The molecular weight excluding hydrogens is 568 g/mol. The summed E-state index contributed by atoms with van der Waals surface area (Å²) >= 11 is 12.0. The quantitative estimate of drug-likeness (QED) is 0.243. The Morgan fingerprint density at radius 2 is 1.62 bits per heavy atom. The van der Waals surface area contributed by atoms with E-state index in [1.165, 1.54) is 0 Å². The number of nitrogens with one attached hydrogen (secondary N) is 2. The first-order valence-corrected chi connectivity index (χ1v) is 14.4. The molecular formula is C33H31ClN4O3S. The highest BCUT2D eigenvalue weighted by molar-refractivity contribution is 7.80. The predicted octanol–water partition coefficient (Wildman–Crippen LogP) is 6.32. The fourth-order valence-electron chi connectivity index (χ4n) is 4.78. The maximum absolute atomic E-state index is 13.0. The first-order chi connectivity index (χ1) is 20.4. The fourth-order valence-corrected chi connectivity index (χ4v) is 5.29. The monoisotopic (exact) mass is 598 g/mol. The molecule has 0 aliphatic carbocycles. The van der Waals surface area contributed by atoms with Crippen molar-refractivity contribution in [3.8, 4) is 5.75 Å². The van der Waals surface area contributed by atoms with Crippen LogP contribution in [-0.2, 0) is 6.61 Å². The zero-order valence-corrected chi connectivity index (χ0v) is 24.8. The Bertz CT molecular complexity index is 1590. The molecule has 1 saturated heterocycles. The maximum atomic E-state index is 13.0. The highest BCUT2D eigenvalue weighted by Crippen LogP contribution is 2.30. The van der Waals surface area contributed by atoms with E-state index in [4.69, 9.17) is 28.6 Å². The SMILES string of the molecule is Cc1ccccc1C(=O)N1CCN(c2ccc(NC(=S)NC(=O)c3cccc(OCc4ccccc4)c3)cc2Cl)CC1. The van der Waals surface area contributed by atoms with Crippen molar-refractivity contribution >= 4 is 52.1 Å². The minimum atomic E-state index is -0.349. The van der Waals surface area contributed by atoms with Gasteiger partial charge < -0.3 is 19.9 Å². The van der Waals surface area contributed by atoms with E-state index in [9.17, 15) is 9.59 Å². The molecule has 0 unspecified atom stereocenters. The van der Waals surface area contributed by atoms with Crippen LogP contribution in [0.1, 0.15) is 31.8 Å². The number of thiocarbonyl (C=S) groups is 1. The summed E-state index contributed by atoms with van der Waals surface area (Å²) in [6.45, 7) is 4.93. The molecule has 9 heteroatoms. The van der Waals surface area contributed by atoms with Crippen LogP contribution in [0.15, 0.2) is 97.1 Å². The van der Waals surface area contributed by atoms with Crippen LogP contribution in [0.5, 0.6) is 5.75 Å². The van der Waals surface area contributed by atoms with Gasteiger partial charge in [0.05, 0.1) is 10.7 Å². The number of hydrogen-bond donors (Lipinski definition) is 2. The maximum Gasteiger partial charge on any atom is 0.257 e. The molecule has 5 rings (SSSR count). The molecule has 0 spiro atoms. The average molecular weight is 599 g/mol. The van der Waals surface area contributed by atoms with Crippen molar-refractivity contribution in [1.29, 1.82) is 0 Å². The Kier molecular flexibility index (Phi) is 9.36. The molecule has 4 aromatic carbocycles. The molecule has 1 heterocycles. The average Bonchev–Trinajstić information content (AvgIpc) is 3.01. The molecule has 0 radical (unpaired) electrons. The van der Waals surface area contributed by atoms with Crippen LogP contribution in [0.25, 0.3) is 0 Å². The van der Waals surface area contributed by atoms with Gasteiger partial charge in [-0.3, -0.25) is 14.9 Å². The standard InChI is InChI=1S/C33H31ClN4O3S/c1-23-8-5-6-13-28(23)32(40)38-18-16-37(17-19-38)30-15-14-26(21-29(30)34)35-33(42)36-31(39)25-11-7-12-27(20-25)41-22-24-9-3-2-4-10-24/h2-15,20-21H,16-19,22H2,1H3,(H2,35,36,39,42). The van der Waals surface area contributed by atoms with Crippen molar-refractivity contribution in [3.05, 3.63) is 124 Å². The lowest BCUT2D eigenvalue weighted by Gasteiger charge is -2.36. The molecule has 1 aliphatic rings. The van der Waals surface area contributed by atoms with Crippen LogP contribution in [0.2, 0.25) is 5.02 Å². The third kappa shape index (κ3) is 7.26. The number of rotatable bonds is 7. The summed E-state index contributed by atoms with van der Waals surface area (Å²) in [6, 6.07) is 30.0. The van der Waals surface area contributed by atoms with Gasteiger partial charge in [0.1, 0.15) is 12.4 Å². The Balaban J connectivity index is 1.13. The van der Waals surface area contributed by atoms with Gasteiger partial charge in [-0.2, -0.15) is 0 Å². The van der Waals surface area contributed by atoms with E-state index < -0.39 is 0 Å². The van der Waals surface area contributed by atoms with Crippen molar-refractivity contribution < 1.29 is 14.3 Å². The second-order valence-electron chi connectivity index (χ2n) is 9.97. The Hall–Kier alpha value is -4.40. The number of halogens is 1. The first kappa shape index (κ1) is 29.1. The summed E-state index contributed by atoms with van der Waals surface area (Å²) in [4.78, 5) is 29.8. The predicted molar refractivity (Wildman–Crippen MR) is 172 cm³/mol. The normalized spacial score (nSPS) is 12.9. The van der Waals surface area contributed by atoms with Gasteiger partial charge >= 0.3 is 0 Å². The fraction of sp³-hybridized carbons (Fsp3) is 0.182. The molecule has 7 nitrogen and oxygen atoms in total. The van der Waals surface area contributed by atoms with Gasteiger partial charge in [-0.1, -0.05) is 66.2 Å². The minimum absolute atomic E-state index is 0.0559. The third-order valence-electron chi connectivity index (χ3n) is 7.06. The van der Waals surface area contributed by atoms with E-state index in [2.05, 4.69) is 15.5 Å². The molecule has 42 heavy (non-hydrogen) atoms. The summed E-state index contributed by atoms with van der Waals surface area (Å²) in [6.07, 6.45) is 0. The smallest absolute Gasteiger partial charge is 0.257 e. The van der Waals surface area contributed by atoms with Gasteiger partial charge in [0.25, 0.3) is 11.8 Å². The number of benzene rings is 4. The second kappa shape index (κ2) is 13.5. The Morgan fingerprint density at radius 1 is 0.881 bits per heavy atom. The largest absolute Gasteiger partial charge is 0.489 e. The summed E-state index contributed by atoms with van der Waals surface area (Å²) in [5.74, 6) is 0.298. The van der Waals surface area contributed by atoms with Crippen molar-refractivity contribution in [2.45, 2.75) is 13.5 Å². The van der Waals surface area contributed by atoms with Crippen LogP contribution in [-0.4, -0.2) is 48.0 Å². The highest BCUT2D eigenvalue weighted by atomic mass is 35.5. The number of amides is 2. The van der Waals surface area contributed by atoms with E-state index in [1.807, 2.05) is 84.6 Å². The lowest BCUT2D eigenvalue weighted by molar-refractivity contribution is 0.0746.